The Balaban J connectivity index is 2.51. The molecule has 2 N–H and O–H groups in total. The highest BCUT2D eigenvalue weighted by molar-refractivity contribution is 4.83. The van der Waals surface area contributed by atoms with Crippen LogP contribution in [-0.2, 0) is 0 Å². The molecule has 0 spiro atoms. The van der Waals surface area contributed by atoms with E-state index in [1.54, 1.807) is 0 Å². The monoisotopic (exact) mass is 271 g/mol. The molecule has 0 aromatic carbocycles. The molecule has 0 radical (unpaired) electrons. The van der Waals surface area contributed by atoms with Crippen LogP contribution in [0.5, 0.6) is 0 Å². The molecule has 3 unspecified atom stereocenters. The Bertz CT molecular complexity index is 250. The van der Waals surface area contributed by atoms with Gasteiger partial charge in [0.15, 0.2) is 0 Å². The average molecular weight is 271 g/mol. The van der Waals surface area contributed by atoms with Crippen LogP contribution in [0.4, 0.5) is 0 Å². The number of nitrogens with zero attached hydrogens (tertiary/aromatic N) is 1. The summed E-state index contributed by atoms with van der Waals surface area (Å²) >= 11 is 0. The number of aliphatic hydroxyl groups is 2. The molecule has 1 fully saturated rings. The van der Waals surface area contributed by atoms with Gasteiger partial charge in [0, 0.05) is 13.1 Å². The molecule has 0 aromatic heterocycles. The molecule has 3 nitrogen and oxygen atoms in total. The highest BCUT2D eigenvalue weighted by Gasteiger charge is 2.30. The molecule has 1 rings (SSSR count). The predicted octanol–water partition coefficient (Wildman–Crippen LogP) is 2.66. The minimum atomic E-state index is -0.654. The molecule has 0 aliphatic heterocycles. The summed E-state index contributed by atoms with van der Waals surface area (Å²) in [5.41, 5.74) is -0.654. The lowest BCUT2D eigenvalue weighted by Crippen LogP contribution is -2.44. The van der Waals surface area contributed by atoms with Crippen LogP contribution in [0.3, 0.4) is 0 Å². The van der Waals surface area contributed by atoms with Crippen LogP contribution >= 0.6 is 0 Å². The first-order chi connectivity index (χ1) is 8.85. The zero-order chi connectivity index (χ0) is 14.5. The van der Waals surface area contributed by atoms with Crippen LogP contribution in [0, 0.1) is 11.8 Å². The maximum atomic E-state index is 10.2. The van der Waals surface area contributed by atoms with Gasteiger partial charge < -0.3 is 15.1 Å². The molecule has 3 atom stereocenters. The third kappa shape index (κ3) is 6.24. The van der Waals surface area contributed by atoms with E-state index in [0.29, 0.717) is 12.5 Å². The minimum Gasteiger partial charge on any atom is -0.393 e. The Hall–Kier alpha value is -0.120. The number of hydrogen-bond donors (Lipinski definition) is 2. The van der Waals surface area contributed by atoms with E-state index in [-0.39, 0.29) is 6.10 Å². The molecule has 1 aliphatic carbocycles. The van der Waals surface area contributed by atoms with Crippen LogP contribution in [-0.4, -0.2) is 46.5 Å². The van der Waals surface area contributed by atoms with Crippen LogP contribution in [0.1, 0.15) is 59.8 Å². The first-order valence-corrected chi connectivity index (χ1v) is 7.98. The van der Waals surface area contributed by atoms with Gasteiger partial charge in [-0.05, 0) is 51.5 Å². The molecule has 0 saturated heterocycles. The summed E-state index contributed by atoms with van der Waals surface area (Å²) in [7, 11) is 0. The quantitative estimate of drug-likeness (QED) is 0.748. The van der Waals surface area contributed by atoms with Crippen LogP contribution in [0.2, 0.25) is 0 Å². The highest BCUT2D eigenvalue weighted by Crippen LogP contribution is 2.32. The normalized spacial score (nSPS) is 28.9. The van der Waals surface area contributed by atoms with Crippen LogP contribution in [0.25, 0.3) is 0 Å². The lowest BCUT2D eigenvalue weighted by atomic mass is 9.77. The molecule has 0 bridgehead atoms. The largest absolute Gasteiger partial charge is 0.393 e. The molecule has 19 heavy (non-hydrogen) atoms. The topological polar surface area (TPSA) is 43.7 Å². The summed E-state index contributed by atoms with van der Waals surface area (Å²) in [6.07, 6.45) is 5.68. The zero-order valence-corrected chi connectivity index (χ0v) is 13.2. The van der Waals surface area contributed by atoms with Crippen molar-refractivity contribution in [2.75, 3.05) is 19.6 Å². The molecule has 1 aliphatic rings. The van der Waals surface area contributed by atoms with E-state index in [1.165, 1.54) is 19.3 Å². The smallest absolute Gasteiger partial charge is 0.0718 e. The molecule has 114 valence electrons. The lowest BCUT2D eigenvalue weighted by Gasteiger charge is -2.37. The Morgan fingerprint density at radius 2 is 1.89 bits per heavy atom. The first-order valence-electron chi connectivity index (χ1n) is 7.98. The van der Waals surface area contributed by atoms with Crippen LogP contribution in [0.15, 0.2) is 0 Å². The SMILES string of the molecule is CCCC1CCC(O)C(CN(CC)CC(C)(C)O)C1. The number of rotatable bonds is 7. The summed E-state index contributed by atoms with van der Waals surface area (Å²) in [6, 6.07) is 0. The zero-order valence-electron chi connectivity index (χ0n) is 13.2. The Morgan fingerprint density at radius 1 is 1.21 bits per heavy atom. The molecular formula is C16H33NO2. The van der Waals surface area contributed by atoms with Crippen molar-refractivity contribution in [2.24, 2.45) is 11.8 Å². The van der Waals surface area contributed by atoms with Gasteiger partial charge in [-0.3, -0.25) is 0 Å². The van der Waals surface area contributed by atoms with E-state index >= 15 is 0 Å². The highest BCUT2D eigenvalue weighted by atomic mass is 16.3. The van der Waals surface area contributed by atoms with E-state index in [9.17, 15) is 10.2 Å². The fraction of sp³-hybridized carbons (Fsp3) is 1.00. The van der Waals surface area contributed by atoms with Crippen molar-refractivity contribution in [3.8, 4) is 0 Å². The van der Waals surface area contributed by atoms with E-state index in [4.69, 9.17) is 0 Å². The summed E-state index contributed by atoms with van der Waals surface area (Å²) in [5, 5.41) is 20.2. The Kier molecular flexibility index (Phi) is 6.78. The third-order valence-corrected chi connectivity index (χ3v) is 4.30. The Labute approximate surface area is 119 Å². The van der Waals surface area contributed by atoms with E-state index in [2.05, 4.69) is 18.7 Å². The van der Waals surface area contributed by atoms with Gasteiger partial charge in [-0.2, -0.15) is 0 Å². The molecule has 3 heteroatoms. The standard InChI is InChI=1S/C16H33NO2/c1-5-7-13-8-9-15(18)14(10-13)11-17(6-2)12-16(3,4)19/h13-15,18-19H,5-12H2,1-4H3. The Morgan fingerprint density at radius 3 is 2.42 bits per heavy atom. The van der Waals surface area contributed by atoms with Gasteiger partial charge in [-0.1, -0.05) is 26.7 Å². The van der Waals surface area contributed by atoms with Gasteiger partial charge in [0.1, 0.15) is 0 Å². The second-order valence-corrected chi connectivity index (χ2v) is 6.94. The average Bonchev–Trinajstić information content (AvgIpc) is 2.31. The predicted molar refractivity (Wildman–Crippen MR) is 80.2 cm³/mol. The van der Waals surface area contributed by atoms with Gasteiger partial charge in [0.05, 0.1) is 11.7 Å². The van der Waals surface area contributed by atoms with Crippen molar-refractivity contribution >= 4 is 0 Å². The first kappa shape index (κ1) is 16.9. The number of likely N-dealkylation sites (N-methyl/N-ethyl adjacent to an activating group) is 1. The summed E-state index contributed by atoms with van der Waals surface area (Å²) in [5.74, 6) is 1.17. The maximum absolute atomic E-state index is 10.2. The van der Waals surface area contributed by atoms with Gasteiger partial charge >= 0.3 is 0 Å². The van der Waals surface area contributed by atoms with Gasteiger partial charge in [0.25, 0.3) is 0 Å². The van der Waals surface area contributed by atoms with Crippen LogP contribution < -0.4 is 0 Å². The second-order valence-electron chi connectivity index (χ2n) is 6.94. The van der Waals surface area contributed by atoms with Crippen molar-refractivity contribution < 1.29 is 10.2 Å². The van der Waals surface area contributed by atoms with Crippen molar-refractivity contribution in [3.63, 3.8) is 0 Å². The summed E-state index contributed by atoms with van der Waals surface area (Å²) < 4.78 is 0. The molecule has 0 heterocycles. The van der Waals surface area contributed by atoms with E-state index < -0.39 is 5.60 Å². The fourth-order valence-electron chi connectivity index (χ4n) is 3.40. The maximum Gasteiger partial charge on any atom is 0.0718 e. The van der Waals surface area contributed by atoms with Crippen molar-refractivity contribution in [3.05, 3.63) is 0 Å². The molecule has 0 aromatic rings. The summed E-state index contributed by atoms with van der Waals surface area (Å²) in [4.78, 5) is 2.28. The van der Waals surface area contributed by atoms with Gasteiger partial charge in [-0.15, -0.1) is 0 Å². The van der Waals surface area contributed by atoms with Crippen molar-refractivity contribution in [1.82, 2.24) is 4.90 Å². The van der Waals surface area contributed by atoms with E-state index in [0.717, 1.165) is 31.8 Å². The minimum absolute atomic E-state index is 0.149. The second kappa shape index (κ2) is 7.61. The molecule has 0 amide bonds. The van der Waals surface area contributed by atoms with Crippen molar-refractivity contribution in [1.29, 1.82) is 0 Å². The third-order valence-electron chi connectivity index (χ3n) is 4.30. The number of hydrogen-bond acceptors (Lipinski definition) is 3. The number of aliphatic hydroxyl groups excluding tert-OH is 1. The fourth-order valence-corrected chi connectivity index (χ4v) is 3.40. The molecule has 1 saturated carbocycles. The van der Waals surface area contributed by atoms with Crippen molar-refractivity contribution in [2.45, 2.75) is 71.5 Å². The molecular weight excluding hydrogens is 238 g/mol. The van der Waals surface area contributed by atoms with Gasteiger partial charge in [-0.25, -0.2) is 0 Å². The summed E-state index contributed by atoms with van der Waals surface area (Å²) in [6.45, 7) is 10.6. The van der Waals surface area contributed by atoms with E-state index in [1.807, 2.05) is 13.8 Å². The van der Waals surface area contributed by atoms with Gasteiger partial charge in [0.2, 0.25) is 0 Å². The lowest BCUT2D eigenvalue weighted by molar-refractivity contribution is -0.00209.